The van der Waals surface area contributed by atoms with Crippen molar-refractivity contribution in [1.82, 2.24) is 10.3 Å². The average molecular weight is 584 g/mol. The summed E-state index contributed by atoms with van der Waals surface area (Å²) in [5.41, 5.74) is 0.679. The molecule has 0 aliphatic heterocycles. The predicted octanol–water partition coefficient (Wildman–Crippen LogP) is 4.52. The van der Waals surface area contributed by atoms with Gasteiger partial charge in [-0.1, -0.05) is 32.0 Å². The maximum absolute atomic E-state index is 13.3. The number of carbonyl (C=O) groups excluding carboxylic acids is 2. The Kier molecular flexibility index (Phi) is 8.33. The summed E-state index contributed by atoms with van der Waals surface area (Å²) in [6, 6.07) is 11.3. The monoisotopic (exact) mass is 583 g/mol. The second kappa shape index (κ2) is 11.6. The summed E-state index contributed by atoms with van der Waals surface area (Å²) >= 11 is 3.04. The van der Waals surface area contributed by atoms with Crippen molar-refractivity contribution in [2.45, 2.75) is 64.5 Å². The molecule has 10 heteroatoms. The Balaban J connectivity index is 1.40. The number of amides is 2. The van der Waals surface area contributed by atoms with Crippen LogP contribution in [-0.2, 0) is 29.0 Å². The Hall–Kier alpha value is -2.79. The van der Waals surface area contributed by atoms with E-state index < -0.39 is 11.5 Å². The fourth-order valence-electron chi connectivity index (χ4n) is 6.65. The molecule has 1 fully saturated rings. The van der Waals surface area contributed by atoms with Crippen LogP contribution >= 0.6 is 22.7 Å². The van der Waals surface area contributed by atoms with Crippen molar-refractivity contribution < 1.29 is 24.5 Å². The second-order valence-electron chi connectivity index (χ2n) is 11.5. The van der Waals surface area contributed by atoms with E-state index in [1.807, 2.05) is 48.7 Å². The van der Waals surface area contributed by atoms with Crippen molar-refractivity contribution in [2.24, 2.45) is 16.7 Å². The molecule has 1 saturated carbocycles. The highest BCUT2D eigenvalue weighted by Gasteiger charge is 2.59. The highest BCUT2D eigenvalue weighted by Crippen LogP contribution is 2.62. The Bertz CT molecular complexity index is 1340. The van der Waals surface area contributed by atoms with Crippen LogP contribution in [0.25, 0.3) is 0 Å². The summed E-state index contributed by atoms with van der Waals surface area (Å²) < 4.78 is 5.20. The smallest absolute Gasteiger partial charge is 0.230 e. The molecule has 2 aliphatic carbocycles. The standard InChI is InChI=1S/C30H37N3O5S2/c1-29-11-10-24(35)30(2,17-34)23(29)15-22-27(21(29)14-25(36)31-16-20-5-4-12-39-20)33-28(40-22)32-26(37)13-18-6-8-19(38-3)9-7-18/h4-9,12,21,23-24,34-35H,10-11,13-17H2,1-3H3,(H,31,36)(H,32,33,37). The van der Waals surface area contributed by atoms with E-state index in [4.69, 9.17) is 9.72 Å². The molecule has 2 heterocycles. The molecule has 2 amide bonds. The zero-order valence-corrected chi connectivity index (χ0v) is 24.7. The summed E-state index contributed by atoms with van der Waals surface area (Å²) in [5.74, 6) is 0.269. The molecule has 5 atom stereocenters. The van der Waals surface area contributed by atoms with E-state index in [2.05, 4.69) is 17.6 Å². The third kappa shape index (κ3) is 5.54. The molecule has 8 nitrogen and oxygen atoms in total. The molecule has 0 saturated heterocycles. The molecular weight excluding hydrogens is 546 g/mol. The van der Waals surface area contributed by atoms with Gasteiger partial charge in [0.25, 0.3) is 0 Å². The molecule has 5 unspecified atom stereocenters. The van der Waals surface area contributed by atoms with E-state index in [0.717, 1.165) is 33.2 Å². The topological polar surface area (TPSA) is 121 Å². The van der Waals surface area contributed by atoms with Crippen LogP contribution in [0.1, 0.15) is 60.0 Å². The third-order valence-electron chi connectivity index (χ3n) is 9.09. The van der Waals surface area contributed by atoms with Crippen molar-refractivity contribution in [3.63, 3.8) is 0 Å². The maximum atomic E-state index is 13.3. The number of fused-ring (bicyclic) bond motifs is 2. The number of methoxy groups -OCH3 is 1. The first-order valence-corrected chi connectivity index (χ1v) is 15.4. The molecule has 2 aromatic heterocycles. The Labute approximate surface area is 242 Å². The van der Waals surface area contributed by atoms with Gasteiger partial charge in [0.05, 0.1) is 38.5 Å². The zero-order chi connectivity index (χ0) is 28.5. The van der Waals surface area contributed by atoms with E-state index >= 15 is 0 Å². The van der Waals surface area contributed by atoms with Gasteiger partial charge < -0.3 is 25.6 Å². The van der Waals surface area contributed by atoms with Crippen LogP contribution in [0.2, 0.25) is 0 Å². The first-order chi connectivity index (χ1) is 19.2. The lowest BCUT2D eigenvalue weighted by Crippen LogP contribution is -2.57. The fourth-order valence-corrected chi connectivity index (χ4v) is 8.38. The lowest BCUT2D eigenvalue weighted by molar-refractivity contribution is -0.144. The number of nitrogens with one attached hydrogen (secondary N) is 2. The van der Waals surface area contributed by atoms with Crippen LogP contribution in [0, 0.1) is 16.7 Å². The van der Waals surface area contributed by atoms with Gasteiger partial charge in [0.15, 0.2) is 5.13 Å². The SMILES string of the molecule is COc1ccc(CC(=O)Nc2nc3c(s2)CC2C(C)(CO)C(O)CCC2(C)C3CC(=O)NCc2cccs2)cc1. The highest BCUT2D eigenvalue weighted by atomic mass is 32.1. The Morgan fingerprint density at radius 1 is 1.18 bits per heavy atom. The van der Waals surface area contributed by atoms with Crippen molar-refractivity contribution in [3.8, 4) is 5.75 Å². The summed E-state index contributed by atoms with van der Waals surface area (Å²) in [6.45, 7) is 4.48. The molecule has 0 bridgehead atoms. The number of aromatic nitrogens is 1. The molecule has 40 heavy (non-hydrogen) atoms. The van der Waals surface area contributed by atoms with Crippen LogP contribution in [0.3, 0.4) is 0 Å². The lowest BCUT2D eigenvalue weighted by Gasteiger charge is -2.58. The van der Waals surface area contributed by atoms with E-state index in [1.54, 1.807) is 18.4 Å². The number of thiophene rings is 1. The van der Waals surface area contributed by atoms with E-state index in [0.29, 0.717) is 24.5 Å². The number of ether oxygens (including phenoxy) is 1. The zero-order valence-electron chi connectivity index (χ0n) is 23.1. The first kappa shape index (κ1) is 28.7. The minimum atomic E-state index is -0.696. The van der Waals surface area contributed by atoms with Crippen molar-refractivity contribution in [1.29, 1.82) is 0 Å². The van der Waals surface area contributed by atoms with Gasteiger partial charge in [0, 0.05) is 27.5 Å². The summed E-state index contributed by atoms with van der Waals surface area (Å²) in [7, 11) is 1.60. The first-order valence-electron chi connectivity index (χ1n) is 13.7. The van der Waals surface area contributed by atoms with Crippen molar-refractivity contribution >= 4 is 39.6 Å². The number of benzene rings is 1. The van der Waals surface area contributed by atoms with Gasteiger partial charge in [0.1, 0.15) is 5.75 Å². The van der Waals surface area contributed by atoms with Gasteiger partial charge in [-0.05, 0) is 59.7 Å². The molecule has 214 valence electrons. The van der Waals surface area contributed by atoms with Gasteiger partial charge >= 0.3 is 0 Å². The molecule has 0 spiro atoms. The summed E-state index contributed by atoms with van der Waals surface area (Å²) in [6.07, 6.45) is 1.76. The third-order valence-corrected chi connectivity index (χ3v) is 11.0. The number of rotatable bonds is 9. The number of thiazole rings is 1. The quantitative estimate of drug-likeness (QED) is 0.294. The minimum absolute atomic E-state index is 0.0420. The van der Waals surface area contributed by atoms with Gasteiger partial charge in [0.2, 0.25) is 11.8 Å². The van der Waals surface area contributed by atoms with Crippen LogP contribution in [-0.4, -0.2) is 46.8 Å². The number of anilines is 1. The summed E-state index contributed by atoms with van der Waals surface area (Å²) in [4.78, 5) is 33.2. The number of hydrogen-bond donors (Lipinski definition) is 4. The van der Waals surface area contributed by atoms with E-state index in [9.17, 15) is 19.8 Å². The molecule has 4 N–H and O–H groups in total. The molecule has 2 aliphatic rings. The van der Waals surface area contributed by atoms with Gasteiger partial charge in [-0.2, -0.15) is 0 Å². The van der Waals surface area contributed by atoms with E-state index in [-0.39, 0.29) is 48.5 Å². The second-order valence-corrected chi connectivity index (χ2v) is 13.6. The van der Waals surface area contributed by atoms with E-state index in [1.165, 1.54) is 11.3 Å². The van der Waals surface area contributed by atoms with Gasteiger partial charge in [-0.15, -0.1) is 22.7 Å². The number of nitrogens with zero attached hydrogens (tertiary/aromatic N) is 1. The largest absolute Gasteiger partial charge is 0.497 e. The molecule has 1 aromatic carbocycles. The number of hydrogen-bond acceptors (Lipinski definition) is 8. The normalized spacial score (nSPS) is 27.4. The van der Waals surface area contributed by atoms with Gasteiger partial charge in [-0.3, -0.25) is 9.59 Å². The van der Waals surface area contributed by atoms with Crippen molar-refractivity contribution in [3.05, 3.63) is 62.8 Å². The van der Waals surface area contributed by atoms with Crippen LogP contribution in [0.15, 0.2) is 41.8 Å². The summed E-state index contributed by atoms with van der Waals surface area (Å²) in [5, 5.41) is 30.0. The lowest BCUT2D eigenvalue weighted by atomic mass is 9.47. The molecule has 5 rings (SSSR count). The maximum Gasteiger partial charge on any atom is 0.230 e. The Morgan fingerprint density at radius 2 is 1.95 bits per heavy atom. The highest BCUT2D eigenvalue weighted by molar-refractivity contribution is 7.15. The average Bonchev–Trinajstić information content (AvgIpc) is 3.61. The number of aliphatic hydroxyl groups excluding tert-OH is 2. The number of carbonyl (C=O) groups is 2. The molecule has 0 radical (unpaired) electrons. The predicted molar refractivity (Wildman–Crippen MR) is 157 cm³/mol. The molecule has 3 aromatic rings. The minimum Gasteiger partial charge on any atom is -0.497 e. The van der Waals surface area contributed by atoms with Gasteiger partial charge in [-0.25, -0.2) is 4.98 Å². The van der Waals surface area contributed by atoms with Crippen LogP contribution in [0.4, 0.5) is 5.13 Å². The van der Waals surface area contributed by atoms with Crippen LogP contribution in [0.5, 0.6) is 5.75 Å². The Morgan fingerprint density at radius 3 is 2.62 bits per heavy atom. The molecular formula is C30H37N3O5S2. The van der Waals surface area contributed by atoms with Crippen molar-refractivity contribution in [2.75, 3.05) is 19.0 Å². The van der Waals surface area contributed by atoms with Crippen LogP contribution < -0.4 is 15.4 Å². The fraction of sp³-hybridized carbons (Fsp3) is 0.500. The number of aliphatic hydroxyl groups is 2.